The Hall–Kier alpha value is 0.310. The van der Waals surface area contributed by atoms with E-state index in [-0.39, 0.29) is 0 Å². The topological polar surface area (TPSA) is 12.0 Å². The minimum absolute atomic E-state index is 0.839. The summed E-state index contributed by atoms with van der Waals surface area (Å²) in [5.41, 5.74) is 0. The van der Waals surface area contributed by atoms with Crippen LogP contribution < -0.4 is 5.32 Å². The van der Waals surface area contributed by atoms with Crippen LogP contribution in [0.4, 0.5) is 0 Å². The summed E-state index contributed by atoms with van der Waals surface area (Å²) in [5, 5.41) is 4.74. The fourth-order valence-electron chi connectivity index (χ4n) is 2.76. The summed E-state index contributed by atoms with van der Waals surface area (Å²) < 4.78 is 0. The third-order valence-corrected chi connectivity index (χ3v) is 5.16. The lowest BCUT2D eigenvalue weighted by molar-refractivity contribution is 0.389. The number of thioether (sulfide) groups is 1. The van der Waals surface area contributed by atoms with Crippen molar-refractivity contribution in [2.75, 3.05) is 12.3 Å². The Morgan fingerprint density at radius 1 is 0.867 bits per heavy atom. The summed E-state index contributed by atoms with van der Waals surface area (Å²) in [5.74, 6) is 1.40. The standard InChI is InChI=1S/C13H25NS/c1-2-4-7-12(8-5-3-1)14-11-13-9-6-10-15-13/h12-14H,1-11H2. The molecule has 0 aromatic carbocycles. The molecule has 0 radical (unpaired) electrons. The molecule has 88 valence electrons. The Morgan fingerprint density at radius 2 is 1.60 bits per heavy atom. The maximum Gasteiger partial charge on any atom is 0.0172 e. The zero-order valence-electron chi connectivity index (χ0n) is 9.84. The molecule has 1 heterocycles. The molecule has 1 nitrogen and oxygen atoms in total. The van der Waals surface area contributed by atoms with Gasteiger partial charge >= 0.3 is 0 Å². The van der Waals surface area contributed by atoms with Gasteiger partial charge in [-0.05, 0) is 31.4 Å². The Labute approximate surface area is 98.8 Å². The van der Waals surface area contributed by atoms with Gasteiger partial charge in [0.25, 0.3) is 0 Å². The van der Waals surface area contributed by atoms with Crippen molar-refractivity contribution in [2.45, 2.75) is 69.1 Å². The quantitative estimate of drug-likeness (QED) is 0.791. The van der Waals surface area contributed by atoms with Gasteiger partial charge in [0.05, 0.1) is 0 Å². The first kappa shape index (κ1) is 11.8. The molecule has 0 bridgehead atoms. The molecule has 1 N–H and O–H groups in total. The van der Waals surface area contributed by atoms with E-state index in [0.717, 1.165) is 11.3 Å². The molecule has 15 heavy (non-hydrogen) atoms. The molecule has 1 atom stereocenters. The van der Waals surface area contributed by atoms with E-state index in [0.29, 0.717) is 0 Å². The first-order valence-electron chi connectivity index (χ1n) is 6.80. The lowest BCUT2D eigenvalue weighted by atomic mass is 9.96. The predicted octanol–water partition coefficient (Wildman–Crippen LogP) is 3.58. The van der Waals surface area contributed by atoms with Crippen molar-refractivity contribution in [3.05, 3.63) is 0 Å². The fourth-order valence-corrected chi connectivity index (χ4v) is 3.98. The molecule has 2 heteroatoms. The van der Waals surface area contributed by atoms with Gasteiger partial charge in [-0.2, -0.15) is 11.8 Å². The van der Waals surface area contributed by atoms with Gasteiger partial charge in [-0.15, -0.1) is 0 Å². The maximum absolute atomic E-state index is 3.81. The summed E-state index contributed by atoms with van der Waals surface area (Å²) in [6.07, 6.45) is 13.1. The van der Waals surface area contributed by atoms with Crippen molar-refractivity contribution >= 4 is 11.8 Å². The van der Waals surface area contributed by atoms with E-state index in [4.69, 9.17) is 0 Å². The second kappa shape index (κ2) is 6.80. The zero-order chi connectivity index (χ0) is 10.3. The van der Waals surface area contributed by atoms with Gasteiger partial charge in [-0.1, -0.05) is 32.1 Å². The van der Waals surface area contributed by atoms with Crippen molar-refractivity contribution in [1.29, 1.82) is 0 Å². The molecule has 1 saturated carbocycles. The highest BCUT2D eigenvalue weighted by Gasteiger charge is 2.17. The molecule has 2 fully saturated rings. The number of hydrogen-bond acceptors (Lipinski definition) is 2. The van der Waals surface area contributed by atoms with Gasteiger partial charge < -0.3 is 5.32 Å². The van der Waals surface area contributed by atoms with Crippen LogP contribution in [0.25, 0.3) is 0 Å². The second-order valence-corrected chi connectivity index (χ2v) is 6.49. The van der Waals surface area contributed by atoms with E-state index in [1.807, 2.05) is 0 Å². The minimum Gasteiger partial charge on any atom is -0.313 e. The summed E-state index contributed by atoms with van der Waals surface area (Å²) in [6, 6.07) is 0.839. The summed E-state index contributed by atoms with van der Waals surface area (Å²) in [4.78, 5) is 0. The van der Waals surface area contributed by atoms with Crippen LogP contribution in [0, 0.1) is 0 Å². The third kappa shape index (κ3) is 4.36. The Morgan fingerprint density at radius 3 is 2.27 bits per heavy atom. The summed E-state index contributed by atoms with van der Waals surface area (Å²) in [7, 11) is 0. The maximum atomic E-state index is 3.81. The molecular weight excluding hydrogens is 202 g/mol. The van der Waals surface area contributed by atoms with E-state index in [9.17, 15) is 0 Å². The van der Waals surface area contributed by atoms with Crippen LogP contribution in [0.2, 0.25) is 0 Å². The van der Waals surface area contributed by atoms with Crippen LogP contribution in [-0.2, 0) is 0 Å². The Bertz CT molecular complexity index is 158. The molecule has 0 spiro atoms. The average Bonchev–Trinajstić information content (AvgIpc) is 2.68. The van der Waals surface area contributed by atoms with E-state index in [1.165, 1.54) is 70.1 Å². The second-order valence-electron chi connectivity index (χ2n) is 5.09. The fraction of sp³-hybridized carbons (Fsp3) is 1.00. The van der Waals surface area contributed by atoms with E-state index in [1.54, 1.807) is 0 Å². The monoisotopic (exact) mass is 227 g/mol. The zero-order valence-corrected chi connectivity index (χ0v) is 10.7. The number of rotatable bonds is 3. The molecule has 1 unspecified atom stereocenters. The lowest BCUT2D eigenvalue weighted by Crippen LogP contribution is -2.34. The first-order chi connectivity index (χ1) is 7.45. The minimum atomic E-state index is 0.839. The Balaban J connectivity index is 1.62. The van der Waals surface area contributed by atoms with Crippen LogP contribution in [0.5, 0.6) is 0 Å². The number of hydrogen-bond donors (Lipinski definition) is 1. The van der Waals surface area contributed by atoms with Gasteiger partial charge in [0.2, 0.25) is 0 Å². The highest BCUT2D eigenvalue weighted by Crippen LogP contribution is 2.26. The molecule has 0 aromatic heterocycles. The van der Waals surface area contributed by atoms with Crippen LogP contribution in [0.1, 0.15) is 57.8 Å². The van der Waals surface area contributed by atoms with Gasteiger partial charge in [0.15, 0.2) is 0 Å². The van der Waals surface area contributed by atoms with Gasteiger partial charge in [-0.3, -0.25) is 0 Å². The molecule has 0 amide bonds. The predicted molar refractivity (Wildman–Crippen MR) is 69.6 cm³/mol. The Kier molecular flexibility index (Phi) is 5.34. The molecule has 0 aromatic rings. The normalized spacial score (nSPS) is 30.0. The third-order valence-electron chi connectivity index (χ3n) is 3.76. The summed E-state index contributed by atoms with van der Waals surface area (Å²) >= 11 is 2.18. The van der Waals surface area contributed by atoms with Crippen LogP contribution in [0.15, 0.2) is 0 Å². The summed E-state index contributed by atoms with van der Waals surface area (Å²) in [6.45, 7) is 1.27. The lowest BCUT2D eigenvalue weighted by Gasteiger charge is -2.22. The van der Waals surface area contributed by atoms with E-state index in [2.05, 4.69) is 17.1 Å². The van der Waals surface area contributed by atoms with Crippen LogP contribution in [-0.4, -0.2) is 23.6 Å². The molecule has 2 rings (SSSR count). The number of nitrogens with one attached hydrogen (secondary N) is 1. The molecule has 2 aliphatic rings. The van der Waals surface area contributed by atoms with E-state index < -0.39 is 0 Å². The molecule has 1 aliphatic carbocycles. The average molecular weight is 227 g/mol. The van der Waals surface area contributed by atoms with Gasteiger partial charge in [0, 0.05) is 17.8 Å². The highest BCUT2D eigenvalue weighted by atomic mass is 32.2. The van der Waals surface area contributed by atoms with E-state index >= 15 is 0 Å². The highest BCUT2D eigenvalue weighted by molar-refractivity contribution is 8.00. The van der Waals surface area contributed by atoms with Crippen molar-refractivity contribution in [3.63, 3.8) is 0 Å². The van der Waals surface area contributed by atoms with Crippen molar-refractivity contribution in [3.8, 4) is 0 Å². The first-order valence-corrected chi connectivity index (χ1v) is 7.85. The van der Waals surface area contributed by atoms with Crippen LogP contribution >= 0.6 is 11.8 Å². The largest absolute Gasteiger partial charge is 0.313 e. The molecule has 1 saturated heterocycles. The van der Waals surface area contributed by atoms with Gasteiger partial charge in [0.1, 0.15) is 0 Å². The van der Waals surface area contributed by atoms with Crippen molar-refractivity contribution in [1.82, 2.24) is 5.32 Å². The van der Waals surface area contributed by atoms with Crippen molar-refractivity contribution < 1.29 is 0 Å². The van der Waals surface area contributed by atoms with Gasteiger partial charge in [-0.25, -0.2) is 0 Å². The van der Waals surface area contributed by atoms with Crippen LogP contribution in [0.3, 0.4) is 0 Å². The van der Waals surface area contributed by atoms with Crippen molar-refractivity contribution in [2.24, 2.45) is 0 Å². The SMILES string of the molecule is C1CCCC(NCC2CCCS2)CCC1. The molecular formula is C13H25NS. The smallest absolute Gasteiger partial charge is 0.0172 e. The molecule has 1 aliphatic heterocycles.